The second kappa shape index (κ2) is 3.18. The molecule has 0 spiro atoms. The van der Waals surface area contributed by atoms with Crippen LogP contribution in [0.2, 0.25) is 0 Å². The molecule has 0 N–H and O–H groups in total. The first-order valence-corrected chi connectivity index (χ1v) is 1.91. The zero-order chi connectivity index (χ0) is 5.70. The van der Waals surface area contributed by atoms with Gasteiger partial charge < -0.3 is 0 Å². The molecule has 0 saturated heterocycles. The normalized spacial score (nSPS) is 11.3. The predicted octanol–water partition coefficient (Wildman–Crippen LogP) is 0.874. The largest absolute Gasteiger partial charge is 0.198 e. The third kappa shape index (κ3) is 2.79. The molecule has 0 aromatic carbocycles. The number of nitrogens with zero attached hydrogens (tertiary/aromatic N) is 2. The van der Waals surface area contributed by atoms with Gasteiger partial charge >= 0.3 is 0 Å². The Morgan fingerprint density at radius 1 is 1.57 bits per heavy atom. The van der Waals surface area contributed by atoms with Gasteiger partial charge in [-0.3, -0.25) is 0 Å². The van der Waals surface area contributed by atoms with E-state index in [1.165, 1.54) is 0 Å². The minimum atomic E-state index is -0.356. The van der Waals surface area contributed by atoms with Crippen LogP contribution in [0.3, 0.4) is 0 Å². The lowest BCUT2D eigenvalue weighted by molar-refractivity contribution is 0.853. The first kappa shape index (κ1) is 5.98. The maximum atomic E-state index is 8.00. The molecule has 0 saturated carbocycles. The lowest BCUT2D eigenvalue weighted by Crippen LogP contribution is -1.84. The Hall–Kier alpha value is -1.02. The Morgan fingerprint density at radius 3 is 2.29 bits per heavy atom. The van der Waals surface area contributed by atoms with E-state index in [1.54, 1.807) is 0 Å². The van der Waals surface area contributed by atoms with Crippen LogP contribution in [-0.2, 0) is 0 Å². The maximum Gasteiger partial charge on any atom is 0.0666 e. The Bertz CT molecular complexity index is 115. The van der Waals surface area contributed by atoms with Crippen LogP contribution in [0.1, 0.15) is 6.42 Å². The van der Waals surface area contributed by atoms with E-state index in [0.717, 1.165) is 0 Å². The van der Waals surface area contributed by atoms with Gasteiger partial charge in [0, 0.05) is 0 Å². The zero-order valence-electron chi connectivity index (χ0n) is 3.89. The number of rotatable bonds is 1. The average Bonchev–Trinajstić information content (AvgIpc) is 1.68. The van der Waals surface area contributed by atoms with Crippen molar-refractivity contribution in [2.24, 2.45) is 5.92 Å². The SMILES string of the molecule is [CH2]C(C#N)CC#N. The Morgan fingerprint density at radius 2 is 2.14 bits per heavy atom. The molecule has 0 aromatic rings. The summed E-state index contributed by atoms with van der Waals surface area (Å²) in [5, 5.41) is 15.9. The lowest BCUT2D eigenvalue weighted by atomic mass is 10.1. The second-order valence-electron chi connectivity index (χ2n) is 1.19. The Kier molecular flexibility index (Phi) is 2.72. The summed E-state index contributed by atoms with van der Waals surface area (Å²) in [6.45, 7) is 3.36. The lowest BCUT2D eigenvalue weighted by Gasteiger charge is -1.84. The van der Waals surface area contributed by atoms with Crippen molar-refractivity contribution < 1.29 is 0 Å². The third-order valence-electron chi connectivity index (χ3n) is 0.520. The molecule has 7 heavy (non-hydrogen) atoms. The predicted molar refractivity (Wildman–Crippen MR) is 24.7 cm³/mol. The fraction of sp³-hybridized carbons (Fsp3) is 0.400. The van der Waals surface area contributed by atoms with Gasteiger partial charge in [-0.2, -0.15) is 10.5 Å². The minimum absolute atomic E-state index is 0.233. The molecule has 2 heteroatoms. The van der Waals surface area contributed by atoms with Crippen LogP contribution in [0.5, 0.6) is 0 Å². The first-order valence-electron chi connectivity index (χ1n) is 1.91. The van der Waals surface area contributed by atoms with E-state index >= 15 is 0 Å². The first-order chi connectivity index (χ1) is 3.31. The van der Waals surface area contributed by atoms with E-state index in [4.69, 9.17) is 10.5 Å². The van der Waals surface area contributed by atoms with Gasteiger partial charge in [0.15, 0.2) is 0 Å². The molecule has 1 radical (unpaired) electrons. The van der Waals surface area contributed by atoms with E-state index in [1.807, 2.05) is 12.1 Å². The summed E-state index contributed by atoms with van der Waals surface area (Å²) in [6, 6.07) is 3.67. The molecule has 0 aliphatic carbocycles. The topological polar surface area (TPSA) is 47.6 Å². The van der Waals surface area contributed by atoms with Crippen LogP contribution in [0.25, 0.3) is 0 Å². The van der Waals surface area contributed by atoms with Gasteiger partial charge in [-0.1, -0.05) is 0 Å². The highest BCUT2D eigenvalue weighted by atomic mass is 14.3. The van der Waals surface area contributed by atoms with Crippen molar-refractivity contribution in [3.8, 4) is 12.1 Å². The standard InChI is InChI=1S/C5H5N2/c1-5(4-7)2-3-6/h5H,1-2H2. The molecule has 0 fully saturated rings. The summed E-state index contributed by atoms with van der Waals surface area (Å²) in [5.74, 6) is -0.356. The smallest absolute Gasteiger partial charge is 0.0666 e. The Balaban J connectivity index is 3.27. The van der Waals surface area contributed by atoms with Gasteiger partial charge in [0.1, 0.15) is 0 Å². The molecule has 0 rings (SSSR count). The van der Waals surface area contributed by atoms with Crippen LogP contribution in [0.4, 0.5) is 0 Å². The summed E-state index contributed by atoms with van der Waals surface area (Å²) < 4.78 is 0. The molecule has 0 aliphatic rings. The maximum absolute atomic E-state index is 8.00. The van der Waals surface area contributed by atoms with E-state index < -0.39 is 0 Å². The highest BCUT2D eigenvalue weighted by Gasteiger charge is 1.93. The zero-order valence-corrected chi connectivity index (χ0v) is 3.89. The average molecular weight is 93.1 g/mol. The van der Waals surface area contributed by atoms with Crippen molar-refractivity contribution in [3.63, 3.8) is 0 Å². The van der Waals surface area contributed by atoms with E-state index in [0.29, 0.717) is 0 Å². The number of nitriles is 2. The van der Waals surface area contributed by atoms with Crippen molar-refractivity contribution >= 4 is 0 Å². The van der Waals surface area contributed by atoms with Crippen molar-refractivity contribution in [1.29, 1.82) is 10.5 Å². The van der Waals surface area contributed by atoms with E-state index in [9.17, 15) is 0 Å². The van der Waals surface area contributed by atoms with Gasteiger partial charge in [0.2, 0.25) is 0 Å². The van der Waals surface area contributed by atoms with Crippen molar-refractivity contribution in [2.75, 3.05) is 0 Å². The fourth-order valence-electron chi connectivity index (χ4n) is 0.156. The van der Waals surface area contributed by atoms with Gasteiger partial charge in [-0.15, -0.1) is 0 Å². The summed E-state index contributed by atoms with van der Waals surface area (Å²) in [4.78, 5) is 0. The molecule has 1 atom stereocenters. The van der Waals surface area contributed by atoms with Crippen LogP contribution >= 0.6 is 0 Å². The number of hydrogen-bond acceptors (Lipinski definition) is 2. The monoisotopic (exact) mass is 93.0 g/mol. The fourth-order valence-corrected chi connectivity index (χ4v) is 0.156. The summed E-state index contributed by atoms with van der Waals surface area (Å²) in [6.07, 6.45) is 0.233. The van der Waals surface area contributed by atoms with Gasteiger partial charge in [0.25, 0.3) is 0 Å². The quantitative estimate of drug-likeness (QED) is 0.483. The molecule has 35 valence electrons. The molecular formula is C5H5N2. The van der Waals surface area contributed by atoms with Crippen molar-refractivity contribution in [1.82, 2.24) is 0 Å². The number of hydrogen-bond donors (Lipinski definition) is 0. The van der Waals surface area contributed by atoms with Gasteiger partial charge in [-0.05, 0) is 6.92 Å². The second-order valence-corrected chi connectivity index (χ2v) is 1.19. The summed E-state index contributed by atoms with van der Waals surface area (Å²) in [5.41, 5.74) is 0. The molecule has 2 nitrogen and oxygen atoms in total. The van der Waals surface area contributed by atoms with Gasteiger partial charge in [0.05, 0.1) is 24.5 Å². The van der Waals surface area contributed by atoms with Crippen LogP contribution < -0.4 is 0 Å². The minimum Gasteiger partial charge on any atom is -0.198 e. The molecule has 1 unspecified atom stereocenters. The van der Waals surface area contributed by atoms with Crippen molar-refractivity contribution in [3.05, 3.63) is 6.92 Å². The summed E-state index contributed by atoms with van der Waals surface area (Å²) in [7, 11) is 0. The molecule has 0 bridgehead atoms. The molecular weight excluding hydrogens is 88.1 g/mol. The molecule has 0 heterocycles. The molecule has 0 aliphatic heterocycles. The third-order valence-corrected chi connectivity index (χ3v) is 0.520. The van der Waals surface area contributed by atoms with E-state index in [-0.39, 0.29) is 12.3 Å². The molecule has 0 aromatic heterocycles. The highest BCUT2D eigenvalue weighted by molar-refractivity contribution is 4.91. The van der Waals surface area contributed by atoms with Crippen molar-refractivity contribution in [2.45, 2.75) is 6.42 Å². The highest BCUT2D eigenvalue weighted by Crippen LogP contribution is 1.93. The van der Waals surface area contributed by atoms with E-state index in [2.05, 4.69) is 6.92 Å². The van der Waals surface area contributed by atoms with Crippen LogP contribution in [-0.4, -0.2) is 0 Å². The summed E-state index contributed by atoms with van der Waals surface area (Å²) >= 11 is 0. The Labute approximate surface area is 43.0 Å². The van der Waals surface area contributed by atoms with Crippen LogP contribution in [0.15, 0.2) is 0 Å². The molecule has 0 amide bonds. The van der Waals surface area contributed by atoms with Gasteiger partial charge in [-0.25, -0.2) is 0 Å². The van der Waals surface area contributed by atoms with Crippen LogP contribution in [0, 0.1) is 35.5 Å².